The van der Waals surface area contributed by atoms with Crippen LogP contribution in [0.3, 0.4) is 0 Å². The van der Waals surface area contributed by atoms with Gasteiger partial charge in [0.15, 0.2) is 11.5 Å². The molecule has 1 N–H and O–H groups in total. The van der Waals surface area contributed by atoms with Crippen molar-refractivity contribution < 1.29 is 19.1 Å². The first-order valence-electron chi connectivity index (χ1n) is 12.2. The summed E-state index contributed by atoms with van der Waals surface area (Å²) in [6.07, 6.45) is 0.490. The monoisotopic (exact) mass is 479 g/mol. The normalized spacial score (nSPS) is 20.6. The minimum Gasteiger partial charge on any atom is -0.454 e. The maximum atomic E-state index is 13.9. The SMILES string of the molecule is Cc1ccc(C2c3[nH]c4ccccc4c3C[C@H]3C(=O)N(Cc4ccc5c(c4)OCO5)CC(=O)N23)cc1. The van der Waals surface area contributed by atoms with Gasteiger partial charge in [-0.2, -0.15) is 0 Å². The van der Waals surface area contributed by atoms with E-state index in [0.29, 0.717) is 24.5 Å². The molecule has 180 valence electrons. The fraction of sp³-hybridized carbons (Fsp3) is 0.241. The number of aromatic amines is 1. The third-order valence-corrected chi connectivity index (χ3v) is 7.55. The summed E-state index contributed by atoms with van der Waals surface area (Å²) in [6, 6.07) is 21.2. The molecule has 2 amide bonds. The van der Waals surface area contributed by atoms with Crippen molar-refractivity contribution in [3.05, 3.63) is 94.7 Å². The van der Waals surface area contributed by atoms with Gasteiger partial charge in [0.25, 0.3) is 0 Å². The molecule has 0 radical (unpaired) electrons. The first-order valence-corrected chi connectivity index (χ1v) is 12.2. The summed E-state index contributed by atoms with van der Waals surface area (Å²) in [7, 11) is 0. The molecule has 0 saturated carbocycles. The minimum absolute atomic E-state index is 0.0275. The molecule has 0 spiro atoms. The Kier molecular flexibility index (Phi) is 4.61. The lowest BCUT2D eigenvalue weighted by Gasteiger charge is -2.47. The Morgan fingerprint density at radius 3 is 2.64 bits per heavy atom. The van der Waals surface area contributed by atoms with Gasteiger partial charge in [-0.1, -0.05) is 54.1 Å². The van der Waals surface area contributed by atoms with Gasteiger partial charge in [-0.3, -0.25) is 9.59 Å². The number of aromatic nitrogens is 1. The van der Waals surface area contributed by atoms with Crippen LogP contribution in [0.25, 0.3) is 10.9 Å². The van der Waals surface area contributed by atoms with Gasteiger partial charge in [-0.05, 0) is 41.8 Å². The van der Waals surface area contributed by atoms with Gasteiger partial charge in [-0.25, -0.2) is 0 Å². The van der Waals surface area contributed by atoms with Crippen molar-refractivity contribution in [1.29, 1.82) is 0 Å². The van der Waals surface area contributed by atoms with E-state index >= 15 is 0 Å². The molecule has 2 atom stereocenters. The maximum absolute atomic E-state index is 13.9. The van der Waals surface area contributed by atoms with E-state index < -0.39 is 6.04 Å². The van der Waals surface area contributed by atoms with E-state index in [-0.39, 0.29) is 31.2 Å². The van der Waals surface area contributed by atoms with Gasteiger partial charge in [0.2, 0.25) is 18.6 Å². The van der Waals surface area contributed by atoms with E-state index in [9.17, 15) is 9.59 Å². The van der Waals surface area contributed by atoms with Crippen molar-refractivity contribution >= 4 is 22.7 Å². The topological polar surface area (TPSA) is 74.9 Å². The standard InChI is InChI=1S/C29H25N3O4/c1-17-6-9-19(10-7-17)28-27-21(20-4-2-3-5-22(20)30-27)13-23-29(34)31(15-26(33)32(23)28)14-18-8-11-24-25(12-18)36-16-35-24/h2-12,23,28,30H,13-16H2,1H3/t23-,28?/m0/s1. The first-order chi connectivity index (χ1) is 17.6. The second kappa shape index (κ2) is 7.88. The minimum atomic E-state index is -0.557. The Morgan fingerprint density at radius 1 is 0.972 bits per heavy atom. The zero-order valence-electron chi connectivity index (χ0n) is 19.9. The summed E-state index contributed by atoms with van der Waals surface area (Å²) in [6.45, 7) is 2.64. The van der Waals surface area contributed by atoms with Crippen LogP contribution in [0, 0.1) is 6.92 Å². The number of H-pyrrole nitrogens is 1. The quantitative estimate of drug-likeness (QED) is 0.480. The molecule has 4 heterocycles. The van der Waals surface area contributed by atoms with Crippen LogP contribution in [0.4, 0.5) is 0 Å². The van der Waals surface area contributed by atoms with Crippen LogP contribution in [0.1, 0.15) is 34.0 Å². The molecule has 7 rings (SSSR count). The highest BCUT2D eigenvalue weighted by Crippen LogP contribution is 2.43. The molecule has 1 aromatic heterocycles. The Balaban J connectivity index is 1.29. The number of ether oxygens (including phenoxy) is 2. The average molecular weight is 480 g/mol. The zero-order chi connectivity index (χ0) is 24.4. The number of carbonyl (C=O) groups excluding carboxylic acids is 2. The van der Waals surface area contributed by atoms with E-state index in [1.807, 2.05) is 37.3 Å². The van der Waals surface area contributed by atoms with Gasteiger partial charge >= 0.3 is 0 Å². The van der Waals surface area contributed by atoms with Crippen LogP contribution in [-0.4, -0.2) is 46.0 Å². The molecule has 7 nitrogen and oxygen atoms in total. The molecular formula is C29H25N3O4. The highest BCUT2D eigenvalue weighted by atomic mass is 16.7. The summed E-state index contributed by atoms with van der Waals surface area (Å²) >= 11 is 0. The molecular weight excluding hydrogens is 454 g/mol. The molecule has 0 aliphatic carbocycles. The molecule has 7 heteroatoms. The van der Waals surface area contributed by atoms with Gasteiger partial charge in [0.1, 0.15) is 12.6 Å². The number of aryl methyl sites for hydroxylation is 1. The second-order valence-electron chi connectivity index (χ2n) is 9.78. The van der Waals surface area contributed by atoms with Gasteiger partial charge in [0, 0.05) is 29.6 Å². The predicted octanol–water partition coefficient (Wildman–Crippen LogP) is 4.09. The summed E-state index contributed by atoms with van der Waals surface area (Å²) < 4.78 is 10.9. The number of nitrogens with zero attached hydrogens (tertiary/aromatic N) is 2. The molecule has 3 aliphatic heterocycles. The number of rotatable bonds is 3. The number of fused-ring (bicyclic) bond motifs is 5. The van der Waals surface area contributed by atoms with E-state index in [4.69, 9.17) is 9.47 Å². The highest BCUT2D eigenvalue weighted by molar-refractivity contribution is 5.97. The lowest BCUT2D eigenvalue weighted by atomic mass is 9.86. The summed E-state index contributed by atoms with van der Waals surface area (Å²) in [5, 5.41) is 1.11. The number of carbonyl (C=O) groups is 2. The van der Waals surface area contributed by atoms with E-state index in [0.717, 1.165) is 38.9 Å². The van der Waals surface area contributed by atoms with E-state index in [1.54, 1.807) is 9.80 Å². The summed E-state index contributed by atoms with van der Waals surface area (Å²) in [5.41, 5.74) is 6.21. The summed E-state index contributed by atoms with van der Waals surface area (Å²) in [5.74, 6) is 1.30. The zero-order valence-corrected chi connectivity index (χ0v) is 19.9. The first kappa shape index (κ1) is 21.1. The van der Waals surface area contributed by atoms with Crippen LogP contribution in [-0.2, 0) is 22.6 Å². The van der Waals surface area contributed by atoms with Crippen molar-refractivity contribution in [1.82, 2.24) is 14.8 Å². The molecule has 4 aromatic rings. The fourth-order valence-corrected chi connectivity index (χ4v) is 5.81. The van der Waals surface area contributed by atoms with E-state index in [2.05, 4.69) is 41.4 Å². The lowest BCUT2D eigenvalue weighted by molar-refractivity contribution is -0.159. The van der Waals surface area contributed by atoms with Crippen LogP contribution in [0.5, 0.6) is 11.5 Å². The van der Waals surface area contributed by atoms with Gasteiger partial charge < -0.3 is 24.3 Å². The van der Waals surface area contributed by atoms with Crippen molar-refractivity contribution in [3.8, 4) is 11.5 Å². The number of nitrogens with one attached hydrogen (secondary N) is 1. The molecule has 36 heavy (non-hydrogen) atoms. The van der Waals surface area contributed by atoms with Crippen LogP contribution < -0.4 is 9.47 Å². The van der Waals surface area contributed by atoms with Crippen LogP contribution in [0.15, 0.2) is 66.7 Å². The third kappa shape index (κ3) is 3.19. The van der Waals surface area contributed by atoms with Crippen molar-refractivity contribution in [2.24, 2.45) is 0 Å². The molecule has 3 aliphatic rings. The number of para-hydroxylation sites is 1. The molecule has 1 fully saturated rings. The van der Waals surface area contributed by atoms with Crippen molar-refractivity contribution in [2.45, 2.75) is 32.0 Å². The van der Waals surface area contributed by atoms with Crippen LogP contribution >= 0.6 is 0 Å². The Bertz CT molecular complexity index is 1520. The molecule has 1 saturated heterocycles. The largest absolute Gasteiger partial charge is 0.454 e. The number of hydrogen-bond acceptors (Lipinski definition) is 4. The van der Waals surface area contributed by atoms with Crippen molar-refractivity contribution in [2.75, 3.05) is 13.3 Å². The smallest absolute Gasteiger partial charge is 0.246 e. The highest BCUT2D eigenvalue weighted by Gasteiger charge is 2.48. The second-order valence-corrected chi connectivity index (χ2v) is 9.78. The Labute approximate surface area is 208 Å². The fourth-order valence-electron chi connectivity index (χ4n) is 5.81. The predicted molar refractivity (Wildman–Crippen MR) is 134 cm³/mol. The van der Waals surface area contributed by atoms with Gasteiger partial charge in [-0.15, -0.1) is 0 Å². The van der Waals surface area contributed by atoms with Crippen molar-refractivity contribution in [3.63, 3.8) is 0 Å². The number of hydrogen-bond donors (Lipinski definition) is 1. The number of piperazine rings is 1. The number of benzene rings is 3. The van der Waals surface area contributed by atoms with E-state index in [1.165, 1.54) is 0 Å². The molecule has 3 aromatic carbocycles. The maximum Gasteiger partial charge on any atom is 0.246 e. The third-order valence-electron chi connectivity index (χ3n) is 7.55. The summed E-state index contributed by atoms with van der Waals surface area (Å²) in [4.78, 5) is 34.7. The molecule has 1 unspecified atom stereocenters. The average Bonchev–Trinajstić information content (AvgIpc) is 3.50. The van der Waals surface area contributed by atoms with Gasteiger partial charge in [0.05, 0.1) is 6.04 Å². The molecule has 0 bridgehead atoms. The lowest BCUT2D eigenvalue weighted by Crippen LogP contribution is -2.62. The van der Waals surface area contributed by atoms with Crippen LogP contribution in [0.2, 0.25) is 0 Å². The Morgan fingerprint density at radius 2 is 1.78 bits per heavy atom. The Hall–Kier alpha value is -4.26. The number of amides is 2.